The number of rotatable bonds is 13. The van der Waals surface area contributed by atoms with Crippen LogP contribution in [0, 0.1) is 5.92 Å². The third-order valence-corrected chi connectivity index (χ3v) is 4.06. The number of ether oxygens (including phenoxy) is 1. The SMILES string of the molecule is C/C(=C\C=C\C[C@H](C)[C@H](O)CC(=O)O)C(=O)OC[C@H](O)[C@H](O)[C@@H](O)[C@@H](O)CO. The Hall–Kier alpha value is -1.82. The van der Waals surface area contributed by atoms with Crippen molar-refractivity contribution in [1.29, 1.82) is 0 Å². The molecular weight excluding hydrogens is 376 g/mol. The van der Waals surface area contributed by atoms with Gasteiger partial charge in [0.1, 0.15) is 31.0 Å². The summed E-state index contributed by atoms with van der Waals surface area (Å²) in [5, 5.41) is 64.9. The molecule has 0 saturated carbocycles. The summed E-state index contributed by atoms with van der Waals surface area (Å²) in [5.41, 5.74) is 0.174. The summed E-state index contributed by atoms with van der Waals surface area (Å²) >= 11 is 0. The second-order valence-corrected chi connectivity index (χ2v) is 6.55. The molecule has 0 aliphatic carbocycles. The number of aliphatic hydroxyl groups excluding tert-OH is 6. The van der Waals surface area contributed by atoms with Crippen molar-refractivity contribution in [2.24, 2.45) is 5.92 Å². The van der Waals surface area contributed by atoms with Gasteiger partial charge >= 0.3 is 11.9 Å². The largest absolute Gasteiger partial charge is 0.481 e. The highest BCUT2D eigenvalue weighted by atomic mass is 16.5. The zero-order chi connectivity index (χ0) is 21.9. The van der Waals surface area contributed by atoms with E-state index in [2.05, 4.69) is 0 Å². The van der Waals surface area contributed by atoms with Gasteiger partial charge in [0.2, 0.25) is 0 Å². The van der Waals surface area contributed by atoms with Crippen LogP contribution in [0.15, 0.2) is 23.8 Å². The van der Waals surface area contributed by atoms with Crippen LogP contribution in [0.5, 0.6) is 0 Å². The Morgan fingerprint density at radius 2 is 1.57 bits per heavy atom. The van der Waals surface area contributed by atoms with Crippen molar-refractivity contribution in [3.63, 3.8) is 0 Å². The second kappa shape index (κ2) is 13.4. The third kappa shape index (κ3) is 9.93. The van der Waals surface area contributed by atoms with Crippen molar-refractivity contribution >= 4 is 11.9 Å². The summed E-state index contributed by atoms with van der Waals surface area (Å²) in [7, 11) is 0. The van der Waals surface area contributed by atoms with Crippen LogP contribution >= 0.6 is 0 Å². The number of carbonyl (C=O) groups is 2. The Morgan fingerprint density at radius 3 is 2.11 bits per heavy atom. The van der Waals surface area contributed by atoms with Crippen LogP contribution in [0.3, 0.4) is 0 Å². The van der Waals surface area contributed by atoms with E-state index in [4.69, 9.17) is 14.9 Å². The molecule has 10 nitrogen and oxygen atoms in total. The molecule has 0 aromatic rings. The molecule has 0 aliphatic rings. The topological polar surface area (TPSA) is 185 Å². The number of aliphatic hydroxyl groups is 6. The second-order valence-electron chi connectivity index (χ2n) is 6.55. The van der Waals surface area contributed by atoms with Gasteiger partial charge in [-0.15, -0.1) is 0 Å². The zero-order valence-corrected chi connectivity index (χ0v) is 15.9. The Morgan fingerprint density at radius 1 is 1.00 bits per heavy atom. The highest BCUT2D eigenvalue weighted by Gasteiger charge is 2.30. The number of carboxylic acid groups (broad SMARTS) is 1. The molecule has 0 spiro atoms. The lowest BCUT2D eigenvalue weighted by atomic mass is 9.98. The molecule has 0 fully saturated rings. The summed E-state index contributed by atoms with van der Waals surface area (Å²) in [6.07, 6.45) is -3.28. The molecule has 0 bridgehead atoms. The van der Waals surface area contributed by atoms with Crippen LogP contribution in [0.4, 0.5) is 0 Å². The Balaban J connectivity index is 4.45. The van der Waals surface area contributed by atoms with Gasteiger partial charge in [0.05, 0.1) is 19.1 Å². The number of carbonyl (C=O) groups excluding carboxylic acids is 1. The predicted molar refractivity (Wildman–Crippen MR) is 97.0 cm³/mol. The van der Waals surface area contributed by atoms with Crippen LogP contribution in [0.2, 0.25) is 0 Å². The van der Waals surface area contributed by atoms with Gasteiger partial charge in [-0.25, -0.2) is 4.79 Å². The summed E-state index contributed by atoms with van der Waals surface area (Å²) in [5.74, 6) is -2.16. The first kappa shape index (κ1) is 26.2. The molecular formula is C18H30O10. The van der Waals surface area contributed by atoms with Crippen molar-refractivity contribution in [3.05, 3.63) is 23.8 Å². The quantitative estimate of drug-likeness (QED) is 0.106. The van der Waals surface area contributed by atoms with E-state index in [0.29, 0.717) is 6.42 Å². The maximum atomic E-state index is 11.8. The van der Waals surface area contributed by atoms with Gasteiger partial charge in [0.15, 0.2) is 0 Å². The minimum atomic E-state index is -1.82. The van der Waals surface area contributed by atoms with Crippen molar-refractivity contribution < 1.29 is 50.1 Å². The van der Waals surface area contributed by atoms with Gasteiger partial charge in [-0.2, -0.15) is 0 Å². The number of aliphatic carboxylic acids is 1. The van der Waals surface area contributed by atoms with E-state index in [1.54, 1.807) is 13.0 Å². The highest BCUT2D eigenvalue weighted by Crippen LogP contribution is 2.12. The number of esters is 1. The third-order valence-electron chi connectivity index (χ3n) is 4.06. The molecule has 0 aromatic carbocycles. The van der Waals surface area contributed by atoms with Gasteiger partial charge in [-0.05, 0) is 19.3 Å². The molecule has 0 heterocycles. The Kier molecular flexibility index (Phi) is 12.5. The van der Waals surface area contributed by atoms with E-state index in [-0.39, 0.29) is 17.9 Å². The summed E-state index contributed by atoms with van der Waals surface area (Å²) in [4.78, 5) is 22.3. The Bertz CT molecular complexity index is 544. The fraction of sp³-hybridized carbons (Fsp3) is 0.667. The Labute approximate surface area is 163 Å². The normalized spacial score (nSPS) is 18.9. The van der Waals surface area contributed by atoms with E-state index in [0.717, 1.165) is 0 Å². The van der Waals surface area contributed by atoms with E-state index >= 15 is 0 Å². The van der Waals surface area contributed by atoms with Gasteiger partial charge in [-0.3, -0.25) is 4.79 Å². The number of hydrogen-bond donors (Lipinski definition) is 7. The van der Waals surface area contributed by atoms with Crippen molar-refractivity contribution in [2.45, 2.75) is 57.2 Å². The molecule has 0 aromatic heterocycles. The fourth-order valence-electron chi connectivity index (χ4n) is 2.05. The maximum Gasteiger partial charge on any atom is 0.333 e. The van der Waals surface area contributed by atoms with E-state index in [9.17, 15) is 35.1 Å². The van der Waals surface area contributed by atoms with Crippen molar-refractivity contribution in [3.8, 4) is 0 Å². The molecule has 0 amide bonds. The minimum absolute atomic E-state index is 0.174. The first-order valence-electron chi connectivity index (χ1n) is 8.74. The van der Waals surface area contributed by atoms with Gasteiger partial charge < -0.3 is 40.5 Å². The van der Waals surface area contributed by atoms with Crippen LogP contribution in [0.25, 0.3) is 0 Å². The van der Waals surface area contributed by atoms with Crippen LogP contribution < -0.4 is 0 Å². The molecule has 10 heteroatoms. The highest BCUT2D eigenvalue weighted by molar-refractivity contribution is 5.88. The lowest BCUT2D eigenvalue weighted by Crippen LogP contribution is -2.47. The number of hydrogen-bond acceptors (Lipinski definition) is 9. The predicted octanol–water partition coefficient (Wildman–Crippen LogP) is -1.67. The molecule has 0 saturated heterocycles. The summed E-state index contributed by atoms with van der Waals surface area (Å²) < 4.78 is 4.80. The lowest BCUT2D eigenvalue weighted by molar-refractivity contribution is -0.152. The first-order valence-corrected chi connectivity index (χ1v) is 8.74. The van der Waals surface area contributed by atoms with Gasteiger partial charge in [0, 0.05) is 5.57 Å². The molecule has 0 unspecified atom stereocenters. The van der Waals surface area contributed by atoms with E-state index in [1.165, 1.54) is 19.1 Å². The molecule has 28 heavy (non-hydrogen) atoms. The molecule has 162 valence electrons. The molecule has 7 N–H and O–H groups in total. The smallest absolute Gasteiger partial charge is 0.333 e. The fourth-order valence-corrected chi connectivity index (χ4v) is 2.05. The monoisotopic (exact) mass is 406 g/mol. The maximum absolute atomic E-state index is 11.8. The van der Waals surface area contributed by atoms with Crippen molar-refractivity contribution in [2.75, 3.05) is 13.2 Å². The number of allylic oxidation sites excluding steroid dienone is 3. The standard InChI is InChI=1S/C18H30O10/c1-10(12(20)7-15(23)24)5-3-4-6-11(2)18(27)28-9-14(22)17(26)16(25)13(21)8-19/h3-4,6,10,12-14,16-17,19-22,25-26H,5,7-9H2,1-2H3,(H,23,24)/b4-3+,11-6+/t10-,12+,13-,14-,16-,17-/m0/s1. The van der Waals surface area contributed by atoms with E-state index in [1.807, 2.05) is 0 Å². The van der Waals surface area contributed by atoms with Crippen LogP contribution in [-0.2, 0) is 14.3 Å². The minimum Gasteiger partial charge on any atom is -0.481 e. The summed E-state index contributed by atoms with van der Waals surface area (Å²) in [6, 6.07) is 0. The molecule has 0 radical (unpaired) electrons. The van der Waals surface area contributed by atoms with E-state index < -0.39 is 55.7 Å². The molecule has 0 rings (SSSR count). The van der Waals surface area contributed by atoms with Crippen LogP contribution in [0.1, 0.15) is 26.7 Å². The summed E-state index contributed by atoms with van der Waals surface area (Å²) in [6.45, 7) is 1.69. The molecule has 6 atom stereocenters. The first-order chi connectivity index (χ1) is 13.0. The van der Waals surface area contributed by atoms with Gasteiger partial charge in [-0.1, -0.05) is 25.2 Å². The lowest BCUT2D eigenvalue weighted by Gasteiger charge is -2.25. The average Bonchev–Trinajstić information content (AvgIpc) is 2.65. The molecule has 0 aliphatic heterocycles. The average molecular weight is 406 g/mol. The zero-order valence-electron chi connectivity index (χ0n) is 15.9. The number of carboxylic acids is 1. The van der Waals surface area contributed by atoms with Crippen LogP contribution in [-0.4, -0.2) is 91.4 Å². The van der Waals surface area contributed by atoms with Gasteiger partial charge in [0.25, 0.3) is 0 Å². The van der Waals surface area contributed by atoms with Crippen molar-refractivity contribution in [1.82, 2.24) is 0 Å².